The third-order valence-corrected chi connectivity index (χ3v) is 13.4. The van der Waals surface area contributed by atoms with Crippen molar-refractivity contribution in [2.45, 2.75) is 0 Å². The molecule has 0 radical (unpaired) electrons. The van der Waals surface area contributed by atoms with Gasteiger partial charge in [-0.25, -0.2) is 0 Å². The average Bonchev–Trinajstić information content (AvgIpc) is 3.88. The van der Waals surface area contributed by atoms with Crippen LogP contribution in [0.3, 0.4) is 0 Å². The van der Waals surface area contributed by atoms with Crippen molar-refractivity contribution in [1.82, 2.24) is 4.57 Å². The molecule has 3 heteroatoms. The normalized spacial score (nSPS) is 11.6. The van der Waals surface area contributed by atoms with Crippen LogP contribution in [0.2, 0.25) is 0 Å². The van der Waals surface area contributed by atoms with E-state index < -0.39 is 0 Å². The van der Waals surface area contributed by atoms with Crippen LogP contribution in [0, 0.1) is 0 Å². The number of anilines is 3. The van der Waals surface area contributed by atoms with Crippen molar-refractivity contribution < 1.29 is 0 Å². The molecule has 0 aliphatic rings. The van der Waals surface area contributed by atoms with Gasteiger partial charge in [-0.05, 0) is 87.6 Å². The monoisotopic (exact) mass is 794 g/mol. The van der Waals surface area contributed by atoms with E-state index in [1.807, 2.05) is 11.3 Å². The summed E-state index contributed by atoms with van der Waals surface area (Å²) in [6.45, 7) is 0. The second kappa shape index (κ2) is 14.5. The van der Waals surface area contributed by atoms with Crippen molar-refractivity contribution in [3.05, 3.63) is 231 Å². The maximum absolute atomic E-state index is 2.48. The lowest BCUT2D eigenvalue weighted by atomic mass is 9.91. The van der Waals surface area contributed by atoms with Gasteiger partial charge in [0.1, 0.15) is 0 Å². The largest absolute Gasteiger partial charge is 0.310 e. The molecular weight excluding hydrogens is 757 g/mol. The van der Waals surface area contributed by atoms with Gasteiger partial charge in [0.15, 0.2) is 0 Å². The minimum absolute atomic E-state index is 1.09. The SMILES string of the molecule is c1ccc(-c2cc(N(c3ccccc3)c3ccc4c5ccccc5n(-c5ccccc5-c5cccc6c5sc5ccccc56)c4c3)ccc2-c2cccc3ccccc23)cc1. The summed E-state index contributed by atoms with van der Waals surface area (Å²) in [5.74, 6) is 0. The Hall–Kier alpha value is -7.72. The predicted octanol–water partition coefficient (Wildman–Crippen LogP) is 16.8. The van der Waals surface area contributed by atoms with Crippen LogP contribution in [0.25, 0.3) is 91.8 Å². The predicted molar refractivity (Wildman–Crippen MR) is 262 cm³/mol. The van der Waals surface area contributed by atoms with Crippen molar-refractivity contribution in [3.8, 4) is 39.1 Å². The summed E-state index contributed by atoms with van der Waals surface area (Å²) in [7, 11) is 0. The van der Waals surface area contributed by atoms with Gasteiger partial charge < -0.3 is 9.47 Å². The zero-order valence-electron chi connectivity index (χ0n) is 33.2. The fourth-order valence-electron chi connectivity index (χ4n) is 9.46. The van der Waals surface area contributed by atoms with Crippen LogP contribution < -0.4 is 4.90 Å². The number of hydrogen-bond donors (Lipinski definition) is 0. The number of rotatable bonds is 7. The summed E-state index contributed by atoms with van der Waals surface area (Å²) in [6, 6.07) is 84.2. The highest BCUT2D eigenvalue weighted by Crippen LogP contribution is 2.46. The van der Waals surface area contributed by atoms with Crippen LogP contribution in [0.1, 0.15) is 0 Å². The van der Waals surface area contributed by atoms with Crippen molar-refractivity contribution in [3.63, 3.8) is 0 Å². The van der Waals surface area contributed by atoms with Gasteiger partial charge in [0.05, 0.1) is 16.7 Å². The van der Waals surface area contributed by atoms with Crippen LogP contribution in [-0.4, -0.2) is 4.57 Å². The van der Waals surface area contributed by atoms with Gasteiger partial charge in [0, 0.05) is 59.1 Å². The Morgan fingerprint density at radius 2 is 0.934 bits per heavy atom. The minimum atomic E-state index is 1.09. The van der Waals surface area contributed by atoms with E-state index in [1.54, 1.807) is 0 Å². The van der Waals surface area contributed by atoms with E-state index in [9.17, 15) is 0 Å². The third-order valence-electron chi connectivity index (χ3n) is 12.2. The van der Waals surface area contributed by atoms with Gasteiger partial charge in [0.25, 0.3) is 0 Å². The number of aromatic nitrogens is 1. The fraction of sp³-hybridized carbons (Fsp3) is 0. The van der Waals surface area contributed by atoms with Crippen LogP contribution in [0.15, 0.2) is 231 Å². The lowest BCUT2D eigenvalue weighted by Gasteiger charge is -2.27. The Bertz CT molecular complexity index is 3590. The molecule has 2 nitrogen and oxygen atoms in total. The Morgan fingerprint density at radius 3 is 1.82 bits per heavy atom. The quantitative estimate of drug-likeness (QED) is 0.156. The van der Waals surface area contributed by atoms with Crippen LogP contribution in [0.5, 0.6) is 0 Å². The minimum Gasteiger partial charge on any atom is -0.310 e. The molecular formula is C58H38N2S. The second-order valence-electron chi connectivity index (χ2n) is 15.6. The van der Waals surface area contributed by atoms with Gasteiger partial charge in [-0.1, -0.05) is 176 Å². The molecule has 0 saturated heterocycles. The summed E-state index contributed by atoms with van der Waals surface area (Å²) in [6.07, 6.45) is 0. The van der Waals surface area contributed by atoms with E-state index in [1.165, 1.54) is 80.6 Å². The lowest BCUT2D eigenvalue weighted by molar-refractivity contribution is 1.18. The molecule has 10 aromatic carbocycles. The first-order valence-electron chi connectivity index (χ1n) is 20.8. The van der Waals surface area contributed by atoms with Crippen LogP contribution in [-0.2, 0) is 0 Å². The van der Waals surface area contributed by atoms with Gasteiger partial charge in [-0.2, -0.15) is 0 Å². The molecule has 2 heterocycles. The number of benzene rings is 10. The van der Waals surface area contributed by atoms with Crippen molar-refractivity contribution >= 4 is 81.1 Å². The summed E-state index contributed by atoms with van der Waals surface area (Å²) in [4.78, 5) is 2.41. The molecule has 0 atom stereocenters. The first-order valence-corrected chi connectivity index (χ1v) is 21.7. The van der Waals surface area contributed by atoms with E-state index >= 15 is 0 Å². The third kappa shape index (κ3) is 5.85. The van der Waals surface area contributed by atoms with E-state index in [4.69, 9.17) is 0 Å². The average molecular weight is 795 g/mol. The molecule has 12 aromatic rings. The van der Waals surface area contributed by atoms with Gasteiger partial charge in [-0.15, -0.1) is 11.3 Å². The Kier molecular flexibility index (Phi) is 8.39. The van der Waals surface area contributed by atoms with Crippen molar-refractivity contribution in [1.29, 1.82) is 0 Å². The molecule has 0 saturated carbocycles. The molecule has 61 heavy (non-hydrogen) atoms. The summed E-state index contributed by atoms with van der Waals surface area (Å²) >= 11 is 1.88. The number of para-hydroxylation sites is 3. The summed E-state index contributed by atoms with van der Waals surface area (Å²) < 4.78 is 5.11. The molecule has 0 spiro atoms. The molecule has 0 aliphatic carbocycles. The first-order chi connectivity index (χ1) is 30.3. The van der Waals surface area contributed by atoms with Crippen molar-refractivity contribution in [2.75, 3.05) is 4.90 Å². The van der Waals surface area contributed by atoms with Gasteiger partial charge >= 0.3 is 0 Å². The first kappa shape index (κ1) is 35.2. The van der Waals surface area contributed by atoms with Gasteiger partial charge in [-0.3, -0.25) is 0 Å². The van der Waals surface area contributed by atoms with Crippen molar-refractivity contribution in [2.24, 2.45) is 0 Å². The number of nitrogens with zero attached hydrogens (tertiary/aromatic N) is 2. The fourth-order valence-corrected chi connectivity index (χ4v) is 10.7. The zero-order chi connectivity index (χ0) is 40.3. The topological polar surface area (TPSA) is 8.17 Å². The number of thiophene rings is 1. The molecule has 0 aliphatic heterocycles. The molecule has 0 fully saturated rings. The van der Waals surface area contributed by atoms with E-state index in [2.05, 4.69) is 240 Å². The van der Waals surface area contributed by atoms with E-state index in [0.29, 0.717) is 0 Å². The van der Waals surface area contributed by atoms with Crippen LogP contribution in [0.4, 0.5) is 17.1 Å². The summed E-state index contributed by atoms with van der Waals surface area (Å²) in [5.41, 5.74) is 14.0. The molecule has 0 bridgehead atoms. The van der Waals surface area contributed by atoms with E-state index in [0.717, 1.165) is 28.3 Å². The molecule has 0 amide bonds. The Balaban J connectivity index is 1.09. The summed E-state index contributed by atoms with van der Waals surface area (Å²) in [5, 5.41) is 7.55. The smallest absolute Gasteiger partial charge is 0.0562 e. The molecule has 0 N–H and O–H groups in total. The standard InChI is InChI=1S/C58H38N2S/c1-3-17-40(18-4-1)53-37-42(33-35-46(53)45-27-15-20-39-19-7-8-23-44(39)45)59(41-21-5-2-6-22-41)43-34-36-49-47-24-9-12-30-54(47)60(56(49)38-43)55-31-13-10-25-48(55)51-28-16-29-52-50-26-11-14-32-57(50)61-58(51)52/h1-38H. The van der Waals surface area contributed by atoms with E-state index in [-0.39, 0.29) is 0 Å². The zero-order valence-corrected chi connectivity index (χ0v) is 34.1. The highest BCUT2D eigenvalue weighted by Gasteiger charge is 2.22. The maximum atomic E-state index is 2.48. The highest BCUT2D eigenvalue weighted by molar-refractivity contribution is 7.26. The second-order valence-corrected chi connectivity index (χ2v) is 16.7. The number of hydrogen-bond acceptors (Lipinski definition) is 2. The molecule has 286 valence electrons. The molecule has 2 aromatic heterocycles. The lowest BCUT2D eigenvalue weighted by Crippen LogP contribution is -2.10. The maximum Gasteiger partial charge on any atom is 0.0562 e. The molecule has 0 unspecified atom stereocenters. The van der Waals surface area contributed by atoms with Gasteiger partial charge in [0.2, 0.25) is 0 Å². The Labute approximate surface area is 358 Å². The highest BCUT2D eigenvalue weighted by atomic mass is 32.1. The Morgan fingerprint density at radius 1 is 0.328 bits per heavy atom. The number of fused-ring (bicyclic) bond motifs is 7. The molecule has 12 rings (SSSR count). The van der Waals surface area contributed by atoms with Crippen LogP contribution >= 0.6 is 11.3 Å².